The van der Waals surface area contributed by atoms with E-state index in [9.17, 15) is 5.11 Å². The second-order valence-corrected chi connectivity index (χ2v) is 5.81. The first-order valence-corrected chi connectivity index (χ1v) is 6.99. The number of hydrogen-bond donors (Lipinski definition) is 1. The molecule has 0 spiro atoms. The number of aryl methyl sites for hydroxylation is 3. The van der Waals surface area contributed by atoms with Crippen molar-refractivity contribution in [3.05, 3.63) is 34.4 Å². The molecule has 0 saturated carbocycles. The molecule has 0 aromatic heterocycles. The van der Waals surface area contributed by atoms with E-state index in [0.29, 0.717) is 6.04 Å². The van der Waals surface area contributed by atoms with Crippen molar-refractivity contribution in [3.8, 4) is 0 Å². The van der Waals surface area contributed by atoms with Crippen molar-refractivity contribution in [2.24, 2.45) is 0 Å². The predicted octanol–water partition coefficient (Wildman–Crippen LogP) is 3.13. The van der Waals surface area contributed by atoms with Gasteiger partial charge in [-0.2, -0.15) is 0 Å². The Morgan fingerprint density at radius 1 is 1.28 bits per heavy atom. The largest absolute Gasteiger partial charge is 0.387 e. The van der Waals surface area contributed by atoms with Crippen LogP contribution in [0.15, 0.2) is 12.1 Å². The zero-order valence-corrected chi connectivity index (χ0v) is 12.0. The van der Waals surface area contributed by atoms with Crippen LogP contribution >= 0.6 is 0 Å². The molecule has 1 aromatic carbocycles. The van der Waals surface area contributed by atoms with E-state index < -0.39 is 0 Å². The molecule has 2 nitrogen and oxygen atoms in total. The van der Waals surface area contributed by atoms with Gasteiger partial charge in [-0.3, -0.25) is 4.90 Å². The third-order valence-corrected chi connectivity index (χ3v) is 4.17. The van der Waals surface area contributed by atoms with Crippen LogP contribution in [0.25, 0.3) is 0 Å². The van der Waals surface area contributed by atoms with Crippen LogP contribution < -0.4 is 0 Å². The molecule has 1 N–H and O–H groups in total. The summed E-state index contributed by atoms with van der Waals surface area (Å²) in [6.07, 6.45) is 2.17. The van der Waals surface area contributed by atoms with Gasteiger partial charge >= 0.3 is 0 Å². The highest BCUT2D eigenvalue weighted by atomic mass is 16.3. The molecule has 18 heavy (non-hydrogen) atoms. The highest BCUT2D eigenvalue weighted by molar-refractivity contribution is 5.39. The average Bonchev–Trinajstić information content (AvgIpc) is 2.62. The van der Waals surface area contributed by atoms with Gasteiger partial charge in [0.15, 0.2) is 0 Å². The molecule has 0 aliphatic carbocycles. The van der Waals surface area contributed by atoms with Gasteiger partial charge < -0.3 is 5.11 Å². The van der Waals surface area contributed by atoms with E-state index in [1.807, 2.05) is 0 Å². The molecule has 1 aromatic rings. The van der Waals surface area contributed by atoms with Gasteiger partial charge in [0.25, 0.3) is 0 Å². The van der Waals surface area contributed by atoms with Crippen LogP contribution in [-0.4, -0.2) is 29.1 Å². The Balaban J connectivity index is 2.16. The number of aliphatic hydroxyl groups is 1. The Kier molecular flexibility index (Phi) is 4.08. The molecule has 0 radical (unpaired) electrons. The van der Waals surface area contributed by atoms with Crippen molar-refractivity contribution < 1.29 is 5.11 Å². The van der Waals surface area contributed by atoms with Crippen molar-refractivity contribution in [2.75, 3.05) is 13.1 Å². The summed E-state index contributed by atoms with van der Waals surface area (Å²) < 4.78 is 0. The van der Waals surface area contributed by atoms with Crippen LogP contribution in [0.1, 0.15) is 48.1 Å². The van der Waals surface area contributed by atoms with Crippen molar-refractivity contribution in [2.45, 2.75) is 52.7 Å². The first-order chi connectivity index (χ1) is 8.49. The maximum Gasteiger partial charge on any atom is 0.0922 e. The molecule has 2 atom stereocenters. The average molecular weight is 247 g/mol. The first-order valence-electron chi connectivity index (χ1n) is 6.99. The van der Waals surface area contributed by atoms with Crippen LogP contribution in [-0.2, 0) is 0 Å². The third-order valence-electron chi connectivity index (χ3n) is 4.17. The maximum atomic E-state index is 10.5. The molecule has 2 heteroatoms. The fourth-order valence-electron chi connectivity index (χ4n) is 3.29. The van der Waals surface area contributed by atoms with E-state index in [1.54, 1.807) is 0 Å². The molecular weight excluding hydrogens is 222 g/mol. The van der Waals surface area contributed by atoms with E-state index in [-0.39, 0.29) is 6.10 Å². The second-order valence-electron chi connectivity index (χ2n) is 5.81. The summed E-state index contributed by atoms with van der Waals surface area (Å²) in [6.45, 7) is 10.5. The number of nitrogens with zero attached hydrogens (tertiary/aromatic N) is 1. The standard InChI is InChI=1S/C16H25NO/c1-11-8-12(2)16(13(3)9-11)15(18)10-17-7-5-6-14(17)4/h8-9,14-15,18H,5-7,10H2,1-4H3. The van der Waals surface area contributed by atoms with Crippen molar-refractivity contribution in [1.29, 1.82) is 0 Å². The van der Waals surface area contributed by atoms with Crippen LogP contribution in [0.4, 0.5) is 0 Å². The van der Waals surface area contributed by atoms with E-state index in [0.717, 1.165) is 18.7 Å². The van der Waals surface area contributed by atoms with Gasteiger partial charge in [0, 0.05) is 12.6 Å². The van der Waals surface area contributed by atoms with Gasteiger partial charge in [0.1, 0.15) is 0 Å². The van der Waals surface area contributed by atoms with Crippen molar-refractivity contribution in [1.82, 2.24) is 4.90 Å². The summed E-state index contributed by atoms with van der Waals surface area (Å²) >= 11 is 0. The van der Waals surface area contributed by atoms with Crippen molar-refractivity contribution in [3.63, 3.8) is 0 Å². The quantitative estimate of drug-likeness (QED) is 0.887. The first kappa shape index (κ1) is 13.6. The van der Waals surface area contributed by atoms with Gasteiger partial charge in [-0.1, -0.05) is 17.7 Å². The van der Waals surface area contributed by atoms with Gasteiger partial charge in [-0.05, 0) is 63.8 Å². The lowest BCUT2D eigenvalue weighted by Crippen LogP contribution is -2.31. The Morgan fingerprint density at radius 2 is 1.89 bits per heavy atom. The van der Waals surface area contributed by atoms with Gasteiger partial charge in [-0.15, -0.1) is 0 Å². The molecule has 1 saturated heterocycles. The minimum atomic E-state index is -0.355. The van der Waals surface area contributed by atoms with Gasteiger partial charge in [0.2, 0.25) is 0 Å². The maximum absolute atomic E-state index is 10.5. The summed E-state index contributed by atoms with van der Waals surface area (Å²) in [4.78, 5) is 2.41. The molecule has 0 bridgehead atoms. The zero-order chi connectivity index (χ0) is 13.3. The summed E-state index contributed by atoms with van der Waals surface area (Å²) in [7, 11) is 0. The molecule has 2 rings (SSSR count). The molecule has 1 fully saturated rings. The Labute approximate surface area is 111 Å². The fraction of sp³-hybridized carbons (Fsp3) is 0.625. The van der Waals surface area contributed by atoms with E-state index in [2.05, 4.69) is 44.7 Å². The predicted molar refractivity (Wildman–Crippen MR) is 75.9 cm³/mol. The van der Waals surface area contributed by atoms with Crippen LogP contribution in [0.3, 0.4) is 0 Å². The molecule has 1 heterocycles. The number of aliphatic hydroxyl groups excluding tert-OH is 1. The van der Waals surface area contributed by atoms with E-state index in [4.69, 9.17) is 0 Å². The highest BCUT2D eigenvalue weighted by Crippen LogP contribution is 2.26. The minimum absolute atomic E-state index is 0.355. The Bertz CT molecular complexity index is 404. The smallest absolute Gasteiger partial charge is 0.0922 e. The van der Waals surface area contributed by atoms with Gasteiger partial charge in [0.05, 0.1) is 6.10 Å². The molecule has 1 aliphatic heterocycles. The fourth-order valence-corrected chi connectivity index (χ4v) is 3.29. The lowest BCUT2D eigenvalue weighted by atomic mass is 9.95. The monoisotopic (exact) mass is 247 g/mol. The number of hydrogen-bond acceptors (Lipinski definition) is 2. The normalized spacial score (nSPS) is 22.4. The Morgan fingerprint density at radius 3 is 2.39 bits per heavy atom. The van der Waals surface area contributed by atoms with Crippen LogP contribution in [0, 0.1) is 20.8 Å². The van der Waals surface area contributed by atoms with Crippen LogP contribution in [0.5, 0.6) is 0 Å². The topological polar surface area (TPSA) is 23.5 Å². The number of β-amino-alcohol motifs (C(OH)–C–C–N with tert-alkyl or cyclic N) is 1. The minimum Gasteiger partial charge on any atom is -0.387 e. The second kappa shape index (κ2) is 5.41. The number of likely N-dealkylation sites (tertiary alicyclic amines) is 1. The van der Waals surface area contributed by atoms with Crippen molar-refractivity contribution >= 4 is 0 Å². The molecular formula is C16H25NO. The Hall–Kier alpha value is -0.860. The summed E-state index contributed by atoms with van der Waals surface area (Å²) in [5.41, 5.74) is 4.83. The van der Waals surface area contributed by atoms with E-state index >= 15 is 0 Å². The van der Waals surface area contributed by atoms with Crippen LogP contribution in [0.2, 0.25) is 0 Å². The summed E-state index contributed by atoms with van der Waals surface area (Å²) in [5, 5.41) is 10.5. The SMILES string of the molecule is Cc1cc(C)c(C(O)CN2CCCC2C)c(C)c1. The molecule has 0 amide bonds. The van der Waals surface area contributed by atoms with E-state index in [1.165, 1.54) is 29.5 Å². The third kappa shape index (κ3) is 2.76. The summed E-state index contributed by atoms with van der Waals surface area (Å²) in [6, 6.07) is 4.95. The zero-order valence-electron chi connectivity index (χ0n) is 12.0. The lowest BCUT2D eigenvalue weighted by molar-refractivity contribution is 0.109. The molecule has 2 unspecified atom stereocenters. The number of benzene rings is 1. The molecule has 100 valence electrons. The van der Waals surface area contributed by atoms with Gasteiger partial charge in [-0.25, -0.2) is 0 Å². The number of rotatable bonds is 3. The molecule has 1 aliphatic rings. The summed E-state index contributed by atoms with van der Waals surface area (Å²) in [5.74, 6) is 0. The highest BCUT2D eigenvalue weighted by Gasteiger charge is 2.24. The lowest BCUT2D eigenvalue weighted by Gasteiger charge is -2.26.